The number of phenolic OH excluding ortho intramolecular Hbond substituents is 1. The van der Waals surface area contributed by atoms with Crippen molar-refractivity contribution in [1.29, 1.82) is 0 Å². The van der Waals surface area contributed by atoms with Crippen molar-refractivity contribution < 1.29 is 19.4 Å². The van der Waals surface area contributed by atoms with Gasteiger partial charge in [0.05, 0.1) is 26.4 Å². The van der Waals surface area contributed by atoms with Crippen molar-refractivity contribution in [1.82, 2.24) is 5.43 Å². The van der Waals surface area contributed by atoms with Gasteiger partial charge in [0.15, 0.2) is 11.5 Å². The molecule has 0 heterocycles. The third kappa shape index (κ3) is 5.01. The summed E-state index contributed by atoms with van der Waals surface area (Å²) < 4.78 is 10.4. The molecular formula is C18H20N2O4. The highest BCUT2D eigenvalue weighted by Gasteiger charge is 2.04. The van der Waals surface area contributed by atoms with Gasteiger partial charge in [-0.2, -0.15) is 5.10 Å². The number of ether oxygens (including phenoxy) is 2. The third-order valence-electron chi connectivity index (χ3n) is 3.21. The molecule has 0 saturated carbocycles. The SMILES string of the molecule is CCOc1cc(/C=N/NC(=O)Cc2ccc(OC)cc2)ccc1O. The molecule has 126 valence electrons. The summed E-state index contributed by atoms with van der Waals surface area (Å²) in [6.45, 7) is 2.28. The Morgan fingerprint density at radius 1 is 1.25 bits per heavy atom. The Hall–Kier alpha value is -3.02. The summed E-state index contributed by atoms with van der Waals surface area (Å²) in [5.41, 5.74) is 4.05. The molecule has 0 saturated heterocycles. The number of hydrogen-bond donors (Lipinski definition) is 2. The molecule has 0 atom stereocenters. The molecule has 0 aliphatic heterocycles. The number of carbonyl (C=O) groups excluding carboxylic acids is 1. The Morgan fingerprint density at radius 3 is 2.67 bits per heavy atom. The van der Waals surface area contributed by atoms with E-state index in [-0.39, 0.29) is 18.1 Å². The molecule has 2 aromatic rings. The van der Waals surface area contributed by atoms with Crippen LogP contribution in [-0.4, -0.2) is 30.9 Å². The Bertz CT molecular complexity index is 711. The van der Waals surface area contributed by atoms with Crippen molar-refractivity contribution in [2.45, 2.75) is 13.3 Å². The van der Waals surface area contributed by atoms with Crippen LogP contribution in [0.25, 0.3) is 0 Å². The Balaban J connectivity index is 1.90. The van der Waals surface area contributed by atoms with Gasteiger partial charge in [-0.15, -0.1) is 0 Å². The van der Waals surface area contributed by atoms with Crippen molar-refractivity contribution in [2.24, 2.45) is 5.10 Å². The van der Waals surface area contributed by atoms with Gasteiger partial charge in [-0.05, 0) is 48.4 Å². The number of nitrogens with zero attached hydrogens (tertiary/aromatic N) is 1. The fourth-order valence-electron chi connectivity index (χ4n) is 2.03. The summed E-state index contributed by atoms with van der Waals surface area (Å²) in [6, 6.07) is 12.1. The molecule has 0 bridgehead atoms. The van der Waals surface area contributed by atoms with E-state index in [0.717, 1.165) is 11.3 Å². The molecule has 0 radical (unpaired) electrons. The fourth-order valence-corrected chi connectivity index (χ4v) is 2.03. The van der Waals surface area contributed by atoms with E-state index in [1.165, 1.54) is 12.3 Å². The van der Waals surface area contributed by atoms with E-state index in [4.69, 9.17) is 9.47 Å². The molecule has 0 spiro atoms. The van der Waals surface area contributed by atoms with Gasteiger partial charge in [-0.25, -0.2) is 5.43 Å². The molecule has 0 unspecified atom stereocenters. The molecule has 2 rings (SSSR count). The van der Waals surface area contributed by atoms with E-state index in [2.05, 4.69) is 10.5 Å². The quantitative estimate of drug-likeness (QED) is 0.604. The van der Waals surface area contributed by atoms with Crippen LogP contribution in [0.15, 0.2) is 47.6 Å². The Labute approximate surface area is 140 Å². The summed E-state index contributed by atoms with van der Waals surface area (Å²) in [5, 5.41) is 13.5. The predicted octanol–water partition coefficient (Wildman–Crippen LogP) is 2.49. The molecule has 6 heteroatoms. The first-order valence-electron chi connectivity index (χ1n) is 7.53. The van der Waals surface area contributed by atoms with Crippen LogP contribution >= 0.6 is 0 Å². The molecule has 6 nitrogen and oxygen atoms in total. The lowest BCUT2D eigenvalue weighted by atomic mass is 10.1. The molecule has 2 aromatic carbocycles. The number of phenols is 1. The topological polar surface area (TPSA) is 80.2 Å². The minimum absolute atomic E-state index is 0.0672. The monoisotopic (exact) mass is 328 g/mol. The molecule has 2 N–H and O–H groups in total. The lowest BCUT2D eigenvalue weighted by Crippen LogP contribution is -2.19. The summed E-state index contributed by atoms with van der Waals surface area (Å²) in [6.07, 6.45) is 1.72. The second-order valence-corrected chi connectivity index (χ2v) is 4.98. The lowest BCUT2D eigenvalue weighted by molar-refractivity contribution is -0.120. The van der Waals surface area contributed by atoms with Crippen LogP contribution in [-0.2, 0) is 11.2 Å². The van der Waals surface area contributed by atoms with Crippen molar-refractivity contribution in [3.8, 4) is 17.2 Å². The third-order valence-corrected chi connectivity index (χ3v) is 3.21. The molecular weight excluding hydrogens is 308 g/mol. The van der Waals surface area contributed by atoms with Gasteiger partial charge in [0.25, 0.3) is 0 Å². The van der Waals surface area contributed by atoms with Gasteiger partial charge < -0.3 is 14.6 Å². The molecule has 0 aliphatic carbocycles. The smallest absolute Gasteiger partial charge is 0.244 e. The maximum Gasteiger partial charge on any atom is 0.244 e. The van der Waals surface area contributed by atoms with Gasteiger partial charge >= 0.3 is 0 Å². The highest BCUT2D eigenvalue weighted by Crippen LogP contribution is 2.26. The lowest BCUT2D eigenvalue weighted by Gasteiger charge is -2.06. The second kappa shape index (κ2) is 8.57. The normalized spacial score (nSPS) is 10.6. The number of hydrazone groups is 1. The number of nitrogens with one attached hydrogen (secondary N) is 1. The van der Waals surface area contributed by atoms with E-state index < -0.39 is 0 Å². The summed E-state index contributed by atoms with van der Waals surface area (Å²) in [4.78, 5) is 11.9. The van der Waals surface area contributed by atoms with Crippen molar-refractivity contribution in [3.63, 3.8) is 0 Å². The van der Waals surface area contributed by atoms with E-state index in [9.17, 15) is 9.90 Å². The Morgan fingerprint density at radius 2 is 2.00 bits per heavy atom. The van der Waals surface area contributed by atoms with Gasteiger partial charge in [-0.1, -0.05) is 12.1 Å². The van der Waals surface area contributed by atoms with Crippen LogP contribution in [0.4, 0.5) is 0 Å². The predicted molar refractivity (Wildman–Crippen MR) is 91.7 cm³/mol. The van der Waals surface area contributed by atoms with Crippen LogP contribution in [0, 0.1) is 0 Å². The van der Waals surface area contributed by atoms with Crippen molar-refractivity contribution in [2.75, 3.05) is 13.7 Å². The number of hydrogen-bond acceptors (Lipinski definition) is 5. The zero-order chi connectivity index (χ0) is 17.4. The average molecular weight is 328 g/mol. The maximum atomic E-state index is 11.9. The molecule has 0 fully saturated rings. The van der Waals surface area contributed by atoms with Crippen molar-refractivity contribution in [3.05, 3.63) is 53.6 Å². The molecule has 1 amide bonds. The van der Waals surface area contributed by atoms with Crippen LogP contribution in [0.5, 0.6) is 17.2 Å². The van der Waals surface area contributed by atoms with Crippen molar-refractivity contribution >= 4 is 12.1 Å². The number of carbonyl (C=O) groups is 1. The minimum Gasteiger partial charge on any atom is -0.504 e. The first-order valence-corrected chi connectivity index (χ1v) is 7.53. The largest absolute Gasteiger partial charge is 0.504 e. The maximum absolute atomic E-state index is 11.9. The summed E-state index contributed by atoms with van der Waals surface area (Å²) in [5.74, 6) is 0.971. The standard InChI is InChI=1S/C18H20N2O4/c1-3-24-17-10-14(6-9-16(17)21)12-19-20-18(22)11-13-4-7-15(23-2)8-5-13/h4-10,12,21H,3,11H2,1-2H3,(H,20,22)/b19-12+. The van der Waals surface area contributed by atoms with E-state index in [0.29, 0.717) is 17.9 Å². The Kier molecular flexibility index (Phi) is 6.19. The average Bonchev–Trinajstić information content (AvgIpc) is 2.58. The van der Waals surface area contributed by atoms with Gasteiger partial charge in [0.1, 0.15) is 5.75 Å². The van der Waals surface area contributed by atoms with Crippen LogP contribution in [0.1, 0.15) is 18.1 Å². The number of methoxy groups -OCH3 is 1. The number of rotatable bonds is 7. The fraction of sp³-hybridized carbons (Fsp3) is 0.222. The van der Waals surface area contributed by atoms with Crippen LogP contribution in [0.3, 0.4) is 0 Å². The summed E-state index contributed by atoms with van der Waals surface area (Å²) >= 11 is 0. The van der Waals surface area contributed by atoms with E-state index in [1.807, 2.05) is 19.1 Å². The zero-order valence-electron chi connectivity index (χ0n) is 13.7. The highest BCUT2D eigenvalue weighted by molar-refractivity contribution is 5.84. The van der Waals surface area contributed by atoms with Crippen LogP contribution < -0.4 is 14.9 Å². The van der Waals surface area contributed by atoms with E-state index >= 15 is 0 Å². The number of amides is 1. The zero-order valence-corrected chi connectivity index (χ0v) is 13.7. The molecule has 0 aliphatic rings. The first-order chi connectivity index (χ1) is 11.6. The second-order valence-electron chi connectivity index (χ2n) is 4.98. The molecule has 24 heavy (non-hydrogen) atoms. The minimum atomic E-state index is -0.222. The van der Waals surface area contributed by atoms with Gasteiger partial charge in [0.2, 0.25) is 5.91 Å². The summed E-state index contributed by atoms with van der Waals surface area (Å²) in [7, 11) is 1.59. The van der Waals surface area contributed by atoms with Gasteiger partial charge in [-0.3, -0.25) is 4.79 Å². The van der Waals surface area contributed by atoms with Gasteiger partial charge in [0, 0.05) is 0 Å². The number of benzene rings is 2. The number of aromatic hydroxyl groups is 1. The highest BCUT2D eigenvalue weighted by atomic mass is 16.5. The van der Waals surface area contributed by atoms with E-state index in [1.54, 1.807) is 31.4 Å². The first kappa shape index (κ1) is 17.3. The van der Waals surface area contributed by atoms with Crippen LogP contribution in [0.2, 0.25) is 0 Å². The molecule has 0 aromatic heterocycles.